The van der Waals surface area contributed by atoms with Crippen molar-refractivity contribution < 1.29 is 24.6 Å². The molecule has 0 unspecified atom stereocenters. The van der Waals surface area contributed by atoms with Gasteiger partial charge in [-0.05, 0) is 99.1 Å². The highest BCUT2D eigenvalue weighted by Gasteiger charge is 2.31. The van der Waals surface area contributed by atoms with Crippen molar-refractivity contribution >= 4 is 29.3 Å². The summed E-state index contributed by atoms with van der Waals surface area (Å²) in [4.78, 5) is 36.3. The van der Waals surface area contributed by atoms with Gasteiger partial charge in [-0.1, -0.05) is 24.3 Å². The molecule has 2 saturated heterocycles. The fourth-order valence-corrected chi connectivity index (χ4v) is 5.31. The lowest BCUT2D eigenvalue weighted by Crippen LogP contribution is -2.27. The molecule has 36 heavy (non-hydrogen) atoms. The molecule has 4 rings (SSSR count). The van der Waals surface area contributed by atoms with Crippen molar-refractivity contribution in [2.24, 2.45) is 23.7 Å². The first-order valence-electron chi connectivity index (χ1n) is 12.5. The number of hydrogen-bond donors (Lipinski definition) is 6. The lowest BCUT2D eigenvalue weighted by atomic mass is 9.86. The summed E-state index contributed by atoms with van der Waals surface area (Å²) in [6, 6.07) is 14.1. The molecular formula is C27H34N4O5. The van der Waals surface area contributed by atoms with E-state index in [0.717, 1.165) is 37.1 Å². The van der Waals surface area contributed by atoms with Gasteiger partial charge in [0.15, 0.2) is 0 Å². The minimum Gasteiger partial charge on any atom is -0.481 e. The molecule has 2 fully saturated rings. The predicted molar refractivity (Wildman–Crippen MR) is 137 cm³/mol. The SMILES string of the molecule is O=C(Nc1cccc(C[C@H](C(=O)O)[C@H]2CCNC2)c1)Nc1cccc(C[C@H](C(=O)O)[C@H]2CCNC2)c1. The molecule has 0 aromatic heterocycles. The molecule has 6 N–H and O–H groups in total. The van der Waals surface area contributed by atoms with Crippen molar-refractivity contribution in [2.75, 3.05) is 36.8 Å². The van der Waals surface area contributed by atoms with Gasteiger partial charge >= 0.3 is 18.0 Å². The number of carbonyl (C=O) groups is 3. The normalized spacial score (nSPS) is 21.0. The zero-order valence-corrected chi connectivity index (χ0v) is 20.2. The summed E-state index contributed by atoms with van der Waals surface area (Å²) in [6.45, 7) is 3.10. The van der Waals surface area contributed by atoms with Crippen LogP contribution in [0, 0.1) is 23.7 Å². The van der Waals surface area contributed by atoms with Crippen LogP contribution in [0.5, 0.6) is 0 Å². The quantitative estimate of drug-likeness (QED) is 0.298. The van der Waals surface area contributed by atoms with E-state index in [1.807, 2.05) is 12.1 Å². The summed E-state index contributed by atoms with van der Waals surface area (Å²) in [6.07, 6.45) is 2.51. The van der Waals surface area contributed by atoms with E-state index in [-0.39, 0.29) is 11.8 Å². The number of carboxylic acids is 2. The summed E-state index contributed by atoms with van der Waals surface area (Å²) in [7, 11) is 0. The van der Waals surface area contributed by atoms with E-state index >= 15 is 0 Å². The van der Waals surface area contributed by atoms with Crippen LogP contribution in [0.2, 0.25) is 0 Å². The van der Waals surface area contributed by atoms with Crippen molar-refractivity contribution in [1.82, 2.24) is 10.6 Å². The Balaban J connectivity index is 1.36. The van der Waals surface area contributed by atoms with Crippen molar-refractivity contribution in [2.45, 2.75) is 25.7 Å². The van der Waals surface area contributed by atoms with Gasteiger partial charge in [-0.25, -0.2) is 4.79 Å². The Kier molecular flexibility index (Phi) is 8.56. The van der Waals surface area contributed by atoms with Crippen molar-refractivity contribution in [3.05, 3.63) is 59.7 Å². The van der Waals surface area contributed by atoms with E-state index in [4.69, 9.17) is 0 Å². The van der Waals surface area contributed by atoms with Crippen LogP contribution in [-0.2, 0) is 22.4 Å². The minimum absolute atomic E-state index is 0.0975. The number of rotatable bonds is 10. The third-order valence-electron chi connectivity index (χ3n) is 7.25. The fraction of sp³-hybridized carbons (Fsp3) is 0.444. The second-order valence-corrected chi connectivity index (χ2v) is 9.78. The largest absolute Gasteiger partial charge is 0.481 e. The number of nitrogens with one attached hydrogen (secondary N) is 4. The second-order valence-electron chi connectivity index (χ2n) is 9.78. The van der Waals surface area contributed by atoms with Crippen LogP contribution in [-0.4, -0.2) is 54.4 Å². The monoisotopic (exact) mass is 494 g/mol. The first kappa shape index (κ1) is 25.7. The molecular weight excluding hydrogens is 460 g/mol. The van der Waals surface area contributed by atoms with Gasteiger partial charge < -0.3 is 31.5 Å². The molecule has 2 aromatic rings. The van der Waals surface area contributed by atoms with Crippen molar-refractivity contribution in [1.29, 1.82) is 0 Å². The summed E-state index contributed by atoms with van der Waals surface area (Å²) in [5.41, 5.74) is 2.87. The third kappa shape index (κ3) is 6.83. The van der Waals surface area contributed by atoms with Crippen LogP contribution in [0.3, 0.4) is 0 Å². The average molecular weight is 495 g/mol. The maximum atomic E-state index is 12.7. The molecule has 4 atom stereocenters. The summed E-state index contributed by atoms with van der Waals surface area (Å²) in [5, 5.41) is 31.5. The molecule has 0 radical (unpaired) electrons. The van der Waals surface area contributed by atoms with Gasteiger partial charge in [0.2, 0.25) is 0 Å². The summed E-state index contributed by atoms with van der Waals surface area (Å²) < 4.78 is 0. The Hall–Kier alpha value is -3.43. The van der Waals surface area contributed by atoms with Crippen molar-refractivity contribution in [3.63, 3.8) is 0 Å². The van der Waals surface area contributed by atoms with Crippen molar-refractivity contribution in [3.8, 4) is 0 Å². The van der Waals surface area contributed by atoms with Crippen LogP contribution >= 0.6 is 0 Å². The molecule has 192 valence electrons. The Morgan fingerprint density at radius 3 is 1.58 bits per heavy atom. The van der Waals surface area contributed by atoms with Gasteiger partial charge in [-0.15, -0.1) is 0 Å². The topological polar surface area (TPSA) is 140 Å². The minimum atomic E-state index is -0.797. The Labute approximate surface area is 210 Å². The highest BCUT2D eigenvalue weighted by molar-refractivity contribution is 5.99. The Bertz CT molecular complexity index is 996. The van der Waals surface area contributed by atoms with Crippen LogP contribution < -0.4 is 21.3 Å². The van der Waals surface area contributed by atoms with Gasteiger partial charge in [-0.3, -0.25) is 9.59 Å². The van der Waals surface area contributed by atoms with E-state index in [1.54, 1.807) is 36.4 Å². The second kappa shape index (κ2) is 12.0. The molecule has 9 heteroatoms. The number of hydrogen-bond acceptors (Lipinski definition) is 5. The number of urea groups is 1. The van der Waals surface area contributed by atoms with Gasteiger partial charge in [0, 0.05) is 11.4 Å². The Morgan fingerprint density at radius 1 is 0.778 bits per heavy atom. The molecule has 0 bridgehead atoms. The van der Waals surface area contributed by atoms with E-state index in [9.17, 15) is 24.6 Å². The first-order valence-corrected chi connectivity index (χ1v) is 12.5. The van der Waals surface area contributed by atoms with Gasteiger partial charge in [0.25, 0.3) is 0 Å². The highest BCUT2D eigenvalue weighted by Crippen LogP contribution is 2.26. The molecule has 0 spiro atoms. The van der Waals surface area contributed by atoms with Gasteiger partial charge in [0.1, 0.15) is 0 Å². The number of benzene rings is 2. The molecule has 2 amide bonds. The molecule has 2 aliphatic rings. The number of anilines is 2. The lowest BCUT2D eigenvalue weighted by Gasteiger charge is -2.19. The van der Waals surface area contributed by atoms with Crippen LogP contribution in [0.25, 0.3) is 0 Å². The average Bonchev–Trinajstić information content (AvgIpc) is 3.56. The van der Waals surface area contributed by atoms with E-state index in [0.29, 0.717) is 37.3 Å². The van der Waals surface area contributed by atoms with Crippen LogP contribution in [0.1, 0.15) is 24.0 Å². The maximum Gasteiger partial charge on any atom is 0.323 e. The third-order valence-corrected chi connectivity index (χ3v) is 7.25. The number of aliphatic carboxylic acids is 2. The Morgan fingerprint density at radius 2 is 1.22 bits per heavy atom. The molecule has 0 saturated carbocycles. The van der Waals surface area contributed by atoms with Gasteiger partial charge in [-0.2, -0.15) is 0 Å². The van der Waals surface area contributed by atoms with E-state index in [2.05, 4.69) is 21.3 Å². The number of amides is 2. The fourth-order valence-electron chi connectivity index (χ4n) is 5.31. The zero-order chi connectivity index (χ0) is 25.5. The number of carboxylic acid groups (broad SMARTS) is 2. The first-order chi connectivity index (χ1) is 17.4. The molecule has 2 heterocycles. The predicted octanol–water partition coefficient (Wildman–Crippen LogP) is 3.04. The maximum absolute atomic E-state index is 12.7. The van der Waals surface area contributed by atoms with E-state index in [1.165, 1.54) is 0 Å². The lowest BCUT2D eigenvalue weighted by molar-refractivity contribution is -0.144. The molecule has 2 aromatic carbocycles. The standard InChI is InChI=1S/C27H34N4O5/c32-25(33)23(19-7-9-28-15-19)13-17-3-1-5-21(11-17)30-27(36)31-22-6-2-4-18(12-22)14-24(26(34)35)20-8-10-29-16-20/h1-6,11-12,19-20,23-24,28-29H,7-10,13-16H2,(H,32,33)(H,34,35)(H2,30,31,36)/t19-,20-,23-,24-/m0/s1. The van der Waals surface area contributed by atoms with Gasteiger partial charge in [0.05, 0.1) is 11.8 Å². The molecule has 0 aliphatic carbocycles. The molecule has 9 nitrogen and oxygen atoms in total. The zero-order valence-electron chi connectivity index (χ0n) is 20.2. The van der Waals surface area contributed by atoms with Crippen LogP contribution in [0.15, 0.2) is 48.5 Å². The number of carbonyl (C=O) groups excluding carboxylic acids is 1. The summed E-state index contributed by atoms with van der Waals surface area (Å²) >= 11 is 0. The molecule has 2 aliphatic heterocycles. The van der Waals surface area contributed by atoms with Crippen LogP contribution in [0.4, 0.5) is 16.2 Å². The highest BCUT2D eigenvalue weighted by atomic mass is 16.4. The smallest absolute Gasteiger partial charge is 0.323 e. The van der Waals surface area contributed by atoms with E-state index < -0.39 is 29.8 Å². The summed E-state index contributed by atoms with van der Waals surface area (Å²) in [5.74, 6) is -2.34.